The van der Waals surface area contributed by atoms with Crippen molar-refractivity contribution in [1.82, 2.24) is 15.2 Å². The van der Waals surface area contributed by atoms with Crippen molar-refractivity contribution in [1.29, 1.82) is 0 Å². The second-order valence-electron chi connectivity index (χ2n) is 4.66. The fourth-order valence-corrected chi connectivity index (χ4v) is 1.99. The summed E-state index contributed by atoms with van der Waals surface area (Å²) in [6.45, 7) is 3.92. The van der Waals surface area contributed by atoms with Crippen LogP contribution in [0.15, 0.2) is 29.1 Å². The molecule has 0 saturated heterocycles. The predicted octanol–water partition coefficient (Wildman–Crippen LogP) is 0.668. The molecule has 3 N–H and O–H groups in total. The molecule has 104 valence electrons. The summed E-state index contributed by atoms with van der Waals surface area (Å²) in [5.41, 5.74) is 5.00. The molecule has 1 amide bonds. The van der Waals surface area contributed by atoms with E-state index in [9.17, 15) is 9.59 Å². The number of hydrogen-bond acceptors (Lipinski definition) is 4. The minimum Gasteiger partial charge on any atom is -0.290 e. The van der Waals surface area contributed by atoms with Crippen LogP contribution in [0, 0.1) is 13.8 Å². The minimum absolute atomic E-state index is 0.0269. The van der Waals surface area contributed by atoms with Gasteiger partial charge in [0.25, 0.3) is 11.5 Å². The molecular weight excluding hydrogens is 256 g/mol. The summed E-state index contributed by atoms with van der Waals surface area (Å²) in [5, 5.41) is 4.21. The number of carbonyl (C=O) groups excluding carboxylic acids is 1. The predicted molar refractivity (Wildman–Crippen MR) is 76.0 cm³/mol. The highest BCUT2D eigenvalue weighted by molar-refractivity contribution is 5.94. The van der Waals surface area contributed by atoms with Crippen LogP contribution in [0.5, 0.6) is 0 Å². The second-order valence-corrected chi connectivity index (χ2v) is 4.66. The Balaban J connectivity index is 2.70. The molecule has 0 radical (unpaired) electrons. The third kappa shape index (κ3) is 2.46. The lowest BCUT2D eigenvalue weighted by Crippen LogP contribution is -2.36. The number of nitrogen functional groups attached to an aromatic ring is 1. The molecule has 0 aliphatic rings. The Bertz CT molecular complexity index is 734. The van der Waals surface area contributed by atoms with E-state index in [1.54, 1.807) is 0 Å². The summed E-state index contributed by atoms with van der Waals surface area (Å²) in [6.07, 6.45) is 0. The minimum atomic E-state index is -0.625. The molecule has 1 aromatic carbocycles. The summed E-state index contributed by atoms with van der Waals surface area (Å²) >= 11 is 0. The Morgan fingerprint density at radius 3 is 2.65 bits per heavy atom. The number of benzene rings is 1. The molecule has 0 unspecified atom stereocenters. The SMILES string of the molecule is Cc1ccc(C)c(-c2cc(C(=O)NN)c(=O)n(C)n2)c1. The van der Waals surface area contributed by atoms with Crippen LogP contribution in [0.4, 0.5) is 0 Å². The highest BCUT2D eigenvalue weighted by Gasteiger charge is 2.15. The van der Waals surface area contributed by atoms with E-state index in [4.69, 9.17) is 5.84 Å². The Hall–Kier alpha value is -2.47. The van der Waals surface area contributed by atoms with Crippen molar-refractivity contribution in [3.05, 3.63) is 51.3 Å². The van der Waals surface area contributed by atoms with Gasteiger partial charge in [-0.1, -0.05) is 17.7 Å². The molecule has 6 nitrogen and oxygen atoms in total. The van der Waals surface area contributed by atoms with Crippen molar-refractivity contribution in [2.75, 3.05) is 0 Å². The molecule has 0 spiro atoms. The first-order chi connectivity index (χ1) is 9.43. The van der Waals surface area contributed by atoms with Crippen LogP contribution < -0.4 is 16.8 Å². The van der Waals surface area contributed by atoms with E-state index in [-0.39, 0.29) is 5.56 Å². The van der Waals surface area contributed by atoms with E-state index in [1.807, 2.05) is 37.5 Å². The third-order valence-electron chi connectivity index (χ3n) is 3.11. The molecule has 0 aliphatic heterocycles. The van der Waals surface area contributed by atoms with E-state index in [0.717, 1.165) is 21.4 Å². The van der Waals surface area contributed by atoms with E-state index in [1.165, 1.54) is 13.1 Å². The fraction of sp³-hybridized carbons (Fsp3) is 0.214. The van der Waals surface area contributed by atoms with Gasteiger partial charge in [-0.25, -0.2) is 10.5 Å². The lowest BCUT2D eigenvalue weighted by Gasteiger charge is -2.09. The molecule has 0 aliphatic carbocycles. The van der Waals surface area contributed by atoms with Crippen molar-refractivity contribution < 1.29 is 4.79 Å². The average molecular weight is 272 g/mol. The van der Waals surface area contributed by atoms with Gasteiger partial charge in [-0.15, -0.1) is 0 Å². The van der Waals surface area contributed by atoms with Crippen LogP contribution in [-0.2, 0) is 7.05 Å². The molecule has 0 saturated carbocycles. The highest BCUT2D eigenvalue weighted by atomic mass is 16.2. The van der Waals surface area contributed by atoms with Gasteiger partial charge in [0.15, 0.2) is 0 Å². The average Bonchev–Trinajstić information content (AvgIpc) is 2.43. The molecule has 1 heterocycles. The van der Waals surface area contributed by atoms with Crippen molar-refractivity contribution >= 4 is 5.91 Å². The van der Waals surface area contributed by atoms with Crippen LogP contribution in [0.1, 0.15) is 21.5 Å². The maximum atomic E-state index is 11.9. The van der Waals surface area contributed by atoms with Gasteiger partial charge in [0.2, 0.25) is 0 Å². The molecule has 0 atom stereocenters. The first kappa shape index (κ1) is 14.0. The number of hydrogen-bond donors (Lipinski definition) is 2. The molecular formula is C14H16N4O2. The van der Waals surface area contributed by atoms with Gasteiger partial charge < -0.3 is 0 Å². The normalized spacial score (nSPS) is 10.4. The highest BCUT2D eigenvalue weighted by Crippen LogP contribution is 2.22. The summed E-state index contributed by atoms with van der Waals surface area (Å²) in [6, 6.07) is 7.40. The van der Waals surface area contributed by atoms with Gasteiger partial charge in [-0.2, -0.15) is 5.10 Å². The second kappa shape index (κ2) is 5.26. The zero-order chi connectivity index (χ0) is 14.9. The molecule has 20 heavy (non-hydrogen) atoms. The number of aromatic nitrogens is 2. The molecule has 0 fully saturated rings. The Morgan fingerprint density at radius 1 is 1.30 bits per heavy atom. The number of hydrazine groups is 1. The van der Waals surface area contributed by atoms with Crippen LogP contribution in [0.2, 0.25) is 0 Å². The van der Waals surface area contributed by atoms with Crippen molar-refractivity contribution in [3.8, 4) is 11.3 Å². The lowest BCUT2D eigenvalue weighted by atomic mass is 10.0. The van der Waals surface area contributed by atoms with E-state index in [2.05, 4.69) is 5.10 Å². The van der Waals surface area contributed by atoms with Crippen molar-refractivity contribution in [2.45, 2.75) is 13.8 Å². The van der Waals surface area contributed by atoms with E-state index < -0.39 is 11.5 Å². The molecule has 1 aromatic heterocycles. The fourth-order valence-electron chi connectivity index (χ4n) is 1.99. The van der Waals surface area contributed by atoms with Gasteiger partial charge in [0, 0.05) is 12.6 Å². The van der Waals surface area contributed by atoms with E-state index >= 15 is 0 Å². The Morgan fingerprint density at radius 2 is 2.00 bits per heavy atom. The largest absolute Gasteiger partial charge is 0.290 e. The number of nitrogens with one attached hydrogen (secondary N) is 1. The van der Waals surface area contributed by atoms with Crippen LogP contribution in [0.25, 0.3) is 11.3 Å². The monoisotopic (exact) mass is 272 g/mol. The molecule has 0 bridgehead atoms. The van der Waals surface area contributed by atoms with Crippen molar-refractivity contribution in [2.24, 2.45) is 12.9 Å². The maximum absolute atomic E-state index is 11.9. The number of amides is 1. The summed E-state index contributed by atoms with van der Waals surface area (Å²) in [4.78, 5) is 23.5. The number of aryl methyl sites for hydroxylation is 3. The molecule has 6 heteroatoms. The van der Waals surface area contributed by atoms with Gasteiger partial charge >= 0.3 is 0 Å². The lowest BCUT2D eigenvalue weighted by molar-refractivity contribution is 0.0951. The standard InChI is InChI=1S/C14H16N4O2/c1-8-4-5-9(2)10(6-8)12-7-11(13(19)16-15)14(20)18(3)17-12/h4-7H,15H2,1-3H3,(H,16,19). The zero-order valence-corrected chi connectivity index (χ0v) is 11.6. The molecule has 2 rings (SSSR count). The Kier molecular flexibility index (Phi) is 3.67. The van der Waals surface area contributed by atoms with Crippen LogP contribution in [-0.4, -0.2) is 15.7 Å². The number of carbonyl (C=O) groups is 1. The zero-order valence-electron chi connectivity index (χ0n) is 11.6. The third-order valence-corrected chi connectivity index (χ3v) is 3.11. The Labute approximate surface area is 116 Å². The topological polar surface area (TPSA) is 90.0 Å². The summed E-state index contributed by atoms with van der Waals surface area (Å²) in [7, 11) is 1.50. The van der Waals surface area contributed by atoms with Crippen LogP contribution >= 0.6 is 0 Å². The number of nitrogens with zero attached hydrogens (tertiary/aromatic N) is 2. The van der Waals surface area contributed by atoms with Gasteiger partial charge in [-0.3, -0.25) is 15.0 Å². The number of nitrogens with two attached hydrogens (primary N) is 1. The first-order valence-electron chi connectivity index (χ1n) is 6.11. The van der Waals surface area contributed by atoms with E-state index in [0.29, 0.717) is 5.69 Å². The first-order valence-corrected chi connectivity index (χ1v) is 6.11. The van der Waals surface area contributed by atoms with Gasteiger partial charge in [0.05, 0.1) is 5.69 Å². The van der Waals surface area contributed by atoms with Gasteiger partial charge in [-0.05, 0) is 31.5 Å². The smallest absolute Gasteiger partial charge is 0.279 e. The molecule has 2 aromatic rings. The van der Waals surface area contributed by atoms with Gasteiger partial charge in [0.1, 0.15) is 5.56 Å². The maximum Gasteiger partial charge on any atom is 0.279 e. The summed E-state index contributed by atoms with van der Waals surface area (Å²) in [5.74, 6) is 4.47. The van der Waals surface area contributed by atoms with Crippen molar-refractivity contribution in [3.63, 3.8) is 0 Å². The van der Waals surface area contributed by atoms with Crippen LogP contribution in [0.3, 0.4) is 0 Å². The quantitative estimate of drug-likeness (QED) is 0.477. The number of rotatable bonds is 2. The summed E-state index contributed by atoms with van der Waals surface area (Å²) < 4.78 is 1.14.